The molecule has 2 aromatic carbocycles. The second-order valence-electron chi connectivity index (χ2n) is 8.81. The molecule has 2 aromatic heterocycles. The first kappa shape index (κ1) is 24.3. The number of aromatic hydroxyl groups is 1. The van der Waals surface area contributed by atoms with Crippen molar-refractivity contribution < 1.29 is 9.84 Å². The molecule has 184 valence electrons. The number of benzene rings is 2. The van der Waals surface area contributed by atoms with E-state index in [1.165, 1.54) is 11.6 Å². The Hall–Kier alpha value is -3.81. The highest BCUT2D eigenvalue weighted by atomic mass is 16.5. The molecular weight excluding hydrogens is 444 g/mol. The number of methoxy groups -OCH3 is 1. The van der Waals surface area contributed by atoms with E-state index in [0.717, 1.165) is 59.8 Å². The smallest absolute Gasteiger partial charge is 0.337 e. The maximum atomic E-state index is 13.1. The lowest BCUT2D eigenvalue weighted by Gasteiger charge is -2.12. The van der Waals surface area contributed by atoms with Crippen molar-refractivity contribution in [3.8, 4) is 28.6 Å². The van der Waals surface area contributed by atoms with Crippen LogP contribution in [0.2, 0.25) is 0 Å². The monoisotopic (exact) mass is 476 g/mol. The molecule has 0 unspecified atom stereocenters. The molecule has 0 aliphatic heterocycles. The maximum absolute atomic E-state index is 13.1. The molecule has 0 amide bonds. The van der Waals surface area contributed by atoms with E-state index in [0.29, 0.717) is 28.7 Å². The number of unbranched alkanes of at least 4 members (excludes halogenated alkanes) is 2. The number of rotatable bonds is 9. The molecule has 0 bridgehead atoms. The minimum Gasteiger partial charge on any atom is -0.507 e. The number of aryl methyl sites for hydroxylation is 2. The normalized spacial score (nSPS) is 11.3. The summed E-state index contributed by atoms with van der Waals surface area (Å²) in [5.41, 5.74) is 2.69. The zero-order chi connectivity index (χ0) is 25.1. The predicted octanol–water partition coefficient (Wildman–Crippen LogP) is 4.48. The highest BCUT2D eigenvalue weighted by molar-refractivity contribution is 5.77. The molecule has 0 radical (unpaired) electrons. The lowest BCUT2D eigenvalue weighted by molar-refractivity contribution is 0.414. The molecule has 2 heterocycles. The average Bonchev–Trinajstić information content (AvgIpc) is 3.31. The first-order valence-corrected chi connectivity index (χ1v) is 12.1. The van der Waals surface area contributed by atoms with Crippen LogP contribution >= 0.6 is 0 Å². The number of phenolic OH excluding ortho intramolecular Hbond substituents is 1. The third-order valence-corrected chi connectivity index (χ3v) is 6.36. The molecule has 8 nitrogen and oxygen atoms in total. The highest BCUT2D eigenvalue weighted by Gasteiger charge is 2.19. The van der Waals surface area contributed by atoms with Crippen LogP contribution in [0.15, 0.2) is 46.0 Å². The highest BCUT2D eigenvalue weighted by Crippen LogP contribution is 2.32. The number of aromatic nitrogens is 4. The summed E-state index contributed by atoms with van der Waals surface area (Å²) in [5, 5.41) is 10.9. The Morgan fingerprint density at radius 1 is 1.00 bits per heavy atom. The van der Waals surface area contributed by atoms with E-state index in [1.807, 2.05) is 12.1 Å². The molecule has 0 saturated heterocycles. The number of aromatic amines is 1. The SMILES string of the molecule is CCCCc1cc(-c2nc3c(=O)n(C)c(=O)n(-c4ccc(OC)cc4)c3[nH]2)cc(CCCC)c1O. The van der Waals surface area contributed by atoms with E-state index in [4.69, 9.17) is 4.74 Å². The summed E-state index contributed by atoms with van der Waals surface area (Å²) in [5.74, 6) is 1.50. The van der Waals surface area contributed by atoms with Crippen molar-refractivity contribution in [3.05, 3.63) is 68.4 Å². The Labute approximate surface area is 203 Å². The second kappa shape index (κ2) is 10.2. The first-order valence-electron chi connectivity index (χ1n) is 12.1. The van der Waals surface area contributed by atoms with Gasteiger partial charge in [-0.25, -0.2) is 14.3 Å². The van der Waals surface area contributed by atoms with Crippen molar-refractivity contribution in [2.45, 2.75) is 52.4 Å². The van der Waals surface area contributed by atoms with Crippen LogP contribution in [0.3, 0.4) is 0 Å². The van der Waals surface area contributed by atoms with E-state index in [-0.39, 0.29) is 5.52 Å². The van der Waals surface area contributed by atoms with Crippen molar-refractivity contribution in [3.63, 3.8) is 0 Å². The molecule has 0 atom stereocenters. The van der Waals surface area contributed by atoms with Gasteiger partial charge in [0.2, 0.25) is 0 Å². The Morgan fingerprint density at radius 2 is 1.60 bits per heavy atom. The zero-order valence-electron chi connectivity index (χ0n) is 20.7. The van der Waals surface area contributed by atoms with Crippen molar-refractivity contribution in [2.24, 2.45) is 7.05 Å². The molecule has 0 fully saturated rings. The molecule has 0 aliphatic rings. The van der Waals surface area contributed by atoms with Gasteiger partial charge in [0.1, 0.15) is 17.3 Å². The molecule has 0 spiro atoms. The minimum atomic E-state index is -0.471. The number of ether oxygens (including phenoxy) is 1. The number of nitrogens with one attached hydrogen (secondary N) is 1. The molecule has 4 aromatic rings. The average molecular weight is 477 g/mol. The molecule has 2 N–H and O–H groups in total. The van der Waals surface area contributed by atoms with Crippen molar-refractivity contribution in [1.29, 1.82) is 0 Å². The van der Waals surface area contributed by atoms with Gasteiger partial charge in [-0.2, -0.15) is 0 Å². The summed E-state index contributed by atoms with van der Waals surface area (Å²) in [6.07, 6.45) is 5.47. The molecule has 4 rings (SSSR count). The maximum Gasteiger partial charge on any atom is 0.337 e. The topological polar surface area (TPSA) is 102 Å². The first-order chi connectivity index (χ1) is 16.9. The van der Waals surface area contributed by atoms with Gasteiger partial charge in [0.15, 0.2) is 11.2 Å². The number of H-pyrrole nitrogens is 1. The van der Waals surface area contributed by atoms with Crippen LogP contribution in [0.4, 0.5) is 0 Å². The van der Waals surface area contributed by atoms with Crippen molar-refractivity contribution in [1.82, 2.24) is 19.1 Å². The molecule has 35 heavy (non-hydrogen) atoms. The Morgan fingerprint density at radius 3 is 2.14 bits per heavy atom. The summed E-state index contributed by atoms with van der Waals surface area (Å²) in [7, 11) is 3.03. The number of fused-ring (bicyclic) bond motifs is 1. The van der Waals surface area contributed by atoms with Gasteiger partial charge < -0.3 is 14.8 Å². The Bertz CT molecular complexity index is 1430. The summed E-state index contributed by atoms with van der Waals surface area (Å²) in [4.78, 5) is 33.9. The van der Waals surface area contributed by atoms with E-state index in [9.17, 15) is 14.7 Å². The number of hydrogen-bond donors (Lipinski definition) is 2. The third kappa shape index (κ3) is 4.60. The number of nitrogens with zero attached hydrogens (tertiary/aromatic N) is 3. The molecule has 0 aliphatic carbocycles. The van der Waals surface area contributed by atoms with E-state index >= 15 is 0 Å². The van der Waals surface area contributed by atoms with Crippen molar-refractivity contribution >= 4 is 11.2 Å². The zero-order valence-corrected chi connectivity index (χ0v) is 20.7. The van der Waals surface area contributed by atoms with Gasteiger partial charge in [-0.1, -0.05) is 26.7 Å². The summed E-state index contributed by atoms with van der Waals surface area (Å²) in [6.45, 7) is 4.23. The fraction of sp³-hybridized carbons (Fsp3) is 0.370. The van der Waals surface area contributed by atoms with Crippen LogP contribution in [0.1, 0.15) is 50.7 Å². The molecular formula is C27H32N4O4. The largest absolute Gasteiger partial charge is 0.507 e. The van der Waals surface area contributed by atoms with Crippen LogP contribution in [-0.4, -0.2) is 31.3 Å². The summed E-state index contributed by atoms with van der Waals surface area (Å²) < 4.78 is 7.74. The van der Waals surface area contributed by atoms with Gasteiger partial charge in [-0.3, -0.25) is 9.36 Å². The van der Waals surface area contributed by atoms with E-state index < -0.39 is 11.2 Å². The van der Waals surface area contributed by atoms with Crippen molar-refractivity contribution in [2.75, 3.05) is 7.11 Å². The molecule has 8 heteroatoms. The van der Waals surface area contributed by atoms with Gasteiger partial charge in [-0.15, -0.1) is 0 Å². The lowest BCUT2D eigenvalue weighted by atomic mass is 9.97. The Balaban J connectivity index is 1.93. The van der Waals surface area contributed by atoms with Crippen LogP contribution in [0, 0.1) is 0 Å². The Kier molecular flexibility index (Phi) is 7.10. The predicted molar refractivity (Wildman–Crippen MR) is 138 cm³/mol. The van der Waals surface area contributed by atoms with E-state index in [1.54, 1.807) is 31.4 Å². The minimum absolute atomic E-state index is 0.177. The number of hydrogen-bond acceptors (Lipinski definition) is 5. The van der Waals surface area contributed by atoms with Crippen LogP contribution in [0.5, 0.6) is 11.5 Å². The number of imidazole rings is 1. The van der Waals surface area contributed by atoms with Gasteiger partial charge in [0, 0.05) is 12.6 Å². The fourth-order valence-corrected chi connectivity index (χ4v) is 4.29. The van der Waals surface area contributed by atoms with E-state index in [2.05, 4.69) is 23.8 Å². The van der Waals surface area contributed by atoms with Gasteiger partial charge in [0.05, 0.1) is 12.8 Å². The van der Waals surface area contributed by atoms with Crippen LogP contribution in [0.25, 0.3) is 28.2 Å². The fourth-order valence-electron chi connectivity index (χ4n) is 4.29. The van der Waals surface area contributed by atoms with Gasteiger partial charge in [-0.05, 0) is 73.2 Å². The molecule has 0 saturated carbocycles. The van der Waals surface area contributed by atoms with Crippen LogP contribution < -0.4 is 16.0 Å². The standard InChI is InChI=1S/C27H32N4O4/c1-5-7-9-17-15-19(16-18(23(17)32)10-8-6-2)24-28-22-25(29-24)31(27(34)30(3)26(22)33)20-11-13-21(35-4)14-12-20/h11-16,32H,5-10H2,1-4H3,(H,28,29). The third-order valence-electron chi connectivity index (χ3n) is 6.36. The lowest BCUT2D eigenvalue weighted by Crippen LogP contribution is -2.37. The quantitative estimate of drug-likeness (QED) is 0.371. The van der Waals surface area contributed by atoms with Gasteiger partial charge in [0.25, 0.3) is 5.56 Å². The van der Waals surface area contributed by atoms with Crippen LogP contribution in [-0.2, 0) is 19.9 Å². The summed E-state index contributed by atoms with van der Waals surface area (Å²) in [6, 6.07) is 10.9. The second-order valence-corrected chi connectivity index (χ2v) is 8.81. The number of phenols is 1. The summed E-state index contributed by atoms with van der Waals surface area (Å²) >= 11 is 0. The van der Waals surface area contributed by atoms with Gasteiger partial charge >= 0.3 is 5.69 Å².